The summed E-state index contributed by atoms with van der Waals surface area (Å²) < 4.78 is 0.984. The summed E-state index contributed by atoms with van der Waals surface area (Å²) in [5.41, 5.74) is 0.997. The molecule has 2 rings (SSSR count). The molecule has 0 radical (unpaired) electrons. The number of halogens is 1. The molecule has 0 spiro atoms. The highest BCUT2D eigenvalue weighted by atomic mass is 79.9. The molecule has 0 saturated heterocycles. The molecular weight excluding hydrogens is 306 g/mol. The van der Waals surface area contributed by atoms with E-state index >= 15 is 0 Å². The highest BCUT2D eigenvalue weighted by Crippen LogP contribution is 2.23. The van der Waals surface area contributed by atoms with E-state index in [9.17, 15) is 9.90 Å². The van der Waals surface area contributed by atoms with Crippen LogP contribution in [0, 0.1) is 0 Å². The highest BCUT2D eigenvalue weighted by molar-refractivity contribution is 9.10. The van der Waals surface area contributed by atoms with E-state index in [1.165, 1.54) is 0 Å². The predicted molar refractivity (Wildman–Crippen MR) is 78.9 cm³/mol. The van der Waals surface area contributed by atoms with Crippen LogP contribution in [-0.4, -0.2) is 35.1 Å². The first-order chi connectivity index (χ1) is 9.08. The molecule has 1 saturated carbocycles. The van der Waals surface area contributed by atoms with E-state index in [1.807, 2.05) is 24.3 Å². The third kappa shape index (κ3) is 3.80. The second-order valence-corrected chi connectivity index (χ2v) is 6.15. The molecule has 0 aromatic heterocycles. The SMILES string of the molecule is CN(C(=O)Cc1cccc(Br)c1)[C@@H]1CCCC[C@H]1O. The number of aliphatic hydroxyl groups excluding tert-OH is 1. The molecule has 1 aliphatic carbocycles. The molecule has 0 bridgehead atoms. The Morgan fingerprint density at radius 2 is 2.16 bits per heavy atom. The van der Waals surface area contributed by atoms with Gasteiger partial charge in [0.1, 0.15) is 0 Å². The number of benzene rings is 1. The van der Waals surface area contributed by atoms with E-state index in [-0.39, 0.29) is 18.1 Å². The Morgan fingerprint density at radius 1 is 1.42 bits per heavy atom. The zero-order valence-electron chi connectivity index (χ0n) is 11.2. The molecule has 1 aromatic rings. The van der Waals surface area contributed by atoms with E-state index in [1.54, 1.807) is 11.9 Å². The topological polar surface area (TPSA) is 40.5 Å². The summed E-state index contributed by atoms with van der Waals surface area (Å²) in [6, 6.07) is 7.77. The minimum atomic E-state index is -0.370. The molecule has 1 aliphatic rings. The molecule has 0 aliphatic heterocycles. The molecule has 19 heavy (non-hydrogen) atoms. The number of amides is 1. The maximum Gasteiger partial charge on any atom is 0.227 e. The predicted octanol–water partition coefficient (Wildman–Crippen LogP) is 2.75. The van der Waals surface area contributed by atoms with Gasteiger partial charge in [0.25, 0.3) is 0 Å². The number of carbonyl (C=O) groups is 1. The fourth-order valence-electron chi connectivity index (χ4n) is 2.67. The average Bonchev–Trinajstić information content (AvgIpc) is 2.38. The van der Waals surface area contributed by atoms with Crippen LogP contribution in [0.2, 0.25) is 0 Å². The lowest BCUT2D eigenvalue weighted by Crippen LogP contribution is -2.46. The summed E-state index contributed by atoms with van der Waals surface area (Å²) in [6.45, 7) is 0. The van der Waals surface area contributed by atoms with Gasteiger partial charge in [-0.25, -0.2) is 0 Å². The standard InChI is InChI=1S/C15H20BrNO2/c1-17(13-7-2-3-8-14(13)18)15(19)10-11-5-4-6-12(16)9-11/h4-6,9,13-14,18H,2-3,7-8,10H2,1H3/t13-,14-/m1/s1. The van der Waals surface area contributed by atoms with E-state index in [4.69, 9.17) is 0 Å². The fraction of sp³-hybridized carbons (Fsp3) is 0.533. The van der Waals surface area contributed by atoms with Crippen LogP contribution in [0.1, 0.15) is 31.2 Å². The molecule has 0 heterocycles. The summed E-state index contributed by atoms with van der Waals surface area (Å²) >= 11 is 3.41. The van der Waals surface area contributed by atoms with Gasteiger partial charge in [0, 0.05) is 11.5 Å². The van der Waals surface area contributed by atoms with E-state index in [0.717, 1.165) is 35.7 Å². The Bertz CT molecular complexity index is 450. The third-order valence-corrected chi connectivity index (χ3v) is 4.32. The van der Waals surface area contributed by atoms with E-state index in [2.05, 4.69) is 15.9 Å². The minimum Gasteiger partial charge on any atom is -0.391 e. The van der Waals surface area contributed by atoms with Crippen molar-refractivity contribution in [1.82, 2.24) is 4.90 Å². The number of hydrogen-bond donors (Lipinski definition) is 1. The van der Waals surface area contributed by atoms with Gasteiger partial charge in [-0.15, -0.1) is 0 Å². The molecule has 3 nitrogen and oxygen atoms in total. The van der Waals surface area contributed by atoms with Crippen LogP contribution in [0.4, 0.5) is 0 Å². The fourth-order valence-corrected chi connectivity index (χ4v) is 3.12. The van der Waals surface area contributed by atoms with Crippen molar-refractivity contribution in [2.24, 2.45) is 0 Å². The molecule has 1 aromatic carbocycles. The molecule has 104 valence electrons. The number of carbonyl (C=O) groups excluding carboxylic acids is 1. The number of nitrogens with zero attached hydrogens (tertiary/aromatic N) is 1. The highest BCUT2D eigenvalue weighted by Gasteiger charge is 2.29. The van der Waals surface area contributed by atoms with E-state index < -0.39 is 0 Å². The molecule has 1 N–H and O–H groups in total. The zero-order chi connectivity index (χ0) is 13.8. The molecule has 1 amide bonds. The third-order valence-electron chi connectivity index (χ3n) is 3.83. The molecular formula is C15H20BrNO2. The van der Waals surface area contributed by atoms with Gasteiger partial charge in [0.2, 0.25) is 5.91 Å². The van der Waals surface area contributed by atoms with Crippen molar-refractivity contribution in [2.45, 2.75) is 44.2 Å². The number of aliphatic hydroxyl groups is 1. The minimum absolute atomic E-state index is 0.0200. The van der Waals surface area contributed by atoms with Crippen LogP contribution >= 0.6 is 15.9 Å². The lowest BCUT2D eigenvalue weighted by atomic mass is 9.91. The normalized spacial score (nSPS) is 23.1. The van der Waals surface area contributed by atoms with Gasteiger partial charge in [-0.05, 0) is 30.5 Å². The number of hydrogen-bond acceptors (Lipinski definition) is 2. The molecule has 2 atom stereocenters. The second kappa shape index (κ2) is 6.53. The van der Waals surface area contributed by atoms with Crippen molar-refractivity contribution in [3.8, 4) is 0 Å². The van der Waals surface area contributed by atoms with Gasteiger partial charge in [0.05, 0.1) is 18.6 Å². The van der Waals surface area contributed by atoms with Gasteiger partial charge in [-0.3, -0.25) is 4.79 Å². The summed E-state index contributed by atoms with van der Waals surface area (Å²) in [5, 5.41) is 10.00. The Kier molecular flexibility index (Phi) is 4.99. The Labute approximate surface area is 122 Å². The van der Waals surface area contributed by atoms with Crippen molar-refractivity contribution in [3.05, 3.63) is 34.3 Å². The first kappa shape index (κ1) is 14.5. The van der Waals surface area contributed by atoms with Crippen LogP contribution in [0.3, 0.4) is 0 Å². The van der Waals surface area contributed by atoms with Crippen LogP contribution in [0.15, 0.2) is 28.7 Å². The van der Waals surface area contributed by atoms with Crippen molar-refractivity contribution in [1.29, 1.82) is 0 Å². The first-order valence-corrected chi connectivity index (χ1v) is 7.55. The van der Waals surface area contributed by atoms with Gasteiger partial charge in [-0.1, -0.05) is 40.9 Å². The van der Waals surface area contributed by atoms with Crippen molar-refractivity contribution < 1.29 is 9.90 Å². The zero-order valence-corrected chi connectivity index (χ0v) is 12.8. The maximum atomic E-state index is 12.3. The Morgan fingerprint density at radius 3 is 2.84 bits per heavy atom. The van der Waals surface area contributed by atoms with E-state index in [0.29, 0.717) is 6.42 Å². The van der Waals surface area contributed by atoms with Gasteiger partial charge in [0.15, 0.2) is 0 Å². The monoisotopic (exact) mass is 325 g/mol. The summed E-state index contributed by atoms with van der Waals surface area (Å²) in [6.07, 6.45) is 3.88. The Balaban J connectivity index is 1.99. The maximum absolute atomic E-state index is 12.3. The van der Waals surface area contributed by atoms with Crippen LogP contribution < -0.4 is 0 Å². The summed E-state index contributed by atoms with van der Waals surface area (Å²) in [4.78, 5) is 14.0. The van der Waals surface area contributed by atoms with Crippen molar-refractivity contribution in [2.75, 3.05) is 7.05 Å². The van der Waals surface area contributed by atoms with Gasteiger partial charge >= 0.3 is 0 Å². The van der Waals surface area contributed by atoms with Gasteiger partial charge in [-0.2, -0.15) is 0 Å². The molecule has 4 heteroatoms. The number of likely N-dealkylation sites (N-methyl/N-ethyl adjacent to an activating group) is 1. The van der Waals surface area contributed by atoms with Gasteiger partial charge < -0.3 is 10.0 Å². The summed E-state index contributed by atoms with van der Waals surface area (Å²) in [5.74, 6) is 0.0732. The quantitative estimate of drug-likeness (QED) is 0.928. The lowest BCUT2D eigenvalue weighted by molar-refractivity contribution is -0.134. The number of rotatable bonds is 3. The van der Waals surface area contributed by atoms with Crippen LogP contribution in [0.25, 0.3) is 0 Å². The Hall–Kier alpha value is -0.870. The second-order valence-electron chi connectivity index (χ2n) is 5.23. The van der Waals surface area contributed by atoms with Crippen molar-refractivity contribution in [3.63, 3.8) is 0 Å². The first-order valence-electron chi connectivity index (χ1n) is 6.76. The van der Waals surface area contributed by atoms with Crippen LogP contribution in [0.5, 0.6) is 0 Å². The molecule has 1 fully saturated rings. The van der Waals surface area contributed by atoms with Crippen molar-refractivity contribution >= 4 is 21.8 Å². The summed E-state index contributed by atoms with van der Waals surface area (Å²) in [7, 11) is 1.81. The van der Waals surface area contributed by atoms with Crippen LogP contribution in [-0.2, 0) is 11.2 Å². The lowest BCUT2D eigenvalue weighted by Gasteiger charge is -2.35. The molecule has 0 unspecified atom stereocenters. The smallest absolute Gasteiger partial charge is 0.227 e. The largest absolute Gasteiger partial charge is 0.391 e. The average molecular weight is 326 g/mol.